The molecule has 0 N–H and O–H groups in total. The topological polar surface area (TPSA) is 43.4 Å². The van der Waals surface area contributed by atoms with Crippen LogP contribution in [-0.4, -0.2) is 20.3 Å². The lowest BCUT2D eigenvalue weighted by Crippen LogP contribution is -2.12. The molecule has 54 valence electrons. The van der Waals surface area contributed by atoms with Crippen LogP contribution in [0.2, 0.25) is 0 Å². The summed E-state index contributed by atoms with van der Waals surface area (Å²) in [4.78, 5) is 0. The summed E-state index contributed by atoms with van der Waals surface area (Å²) in [6.45, 7) is 2.23. The Labute approximate surface area is 55.1 Å². The van der Waals surface area contributed by atoms with Gasteiger partial charge in [0.25, 0.3) is 10.1 Å². The molecule has 0 saturated carbocycles. The van der Waals surface area contributed by atoms with Crippen LogP contribution in [0.3, 0.4) is 0 Å². The van der Waals surface area contributed by atoms with Crippen molar-refractivity contribution in [2.75, 3.05) is 6.61 Å². The van der Waals surface area contributed by atoms with E-state index in [-0.39, 0.29) is 5.25 Å². The summed E-state index contributed by atoms with van der Waals surface area (Å²) in [5.41, 5.74) is 0. The lowest BCUT2D eigenvalue weighted by molar-refractivity contribution is 0.354. The van der Waals surface area contributed by atoms with Crippen molar-refractivity contribution in [3.8, 4) is 0 Å². The molecule has 1 fully saturated rings. The van der Waals surface area contributed by atoms with E-state index >= 15 is 0 Å². The molecule has 4 heteroatoms. The maximum atomic E-state index is 10.8. The molecule has 1 aliphatic heterocycles. The molecule has 0 aliphatic carbocycles. The van der Waals surface area contributed by atoms with Gasteiger partial charge in [-0.2, -0.15) is 8.42 Å². The van der Waals surface area contributed by atoms with Gasteiger partial charge in [-0.05, 0) is 12.8 Å². The Hall–Kier alpha value is -0.0900. The molecule has 1 rings (SSSR count). The van der Waals surface area contributed by atoms with E-state index in [9.17, 15) is 8.42 Å². The van der Waals surface area contributed by atoms with Crippen molar-refractivity contribution in [3.63, 3.8) is 0 Å². The van der Waals surface area contributed by atoms with Gasteiger partial charge in [0, 0.05) is 0 Å². The Balaban J connectivity index is 2.75. The van der Waals surface area contributed by atoms with E-state index in [1.54, 1.807) is 0 Å². The molecular formula is C5H10O3S. The SMILES string of the molecule is CCC1CCOS1(=O)=O. The van der Waals surface area contributed by atoms with Crippen LogP contribution in [0.15, 0.2) is 0 Å². The Morgan fingerprint density at radius 1 is 1.67 bits per heavy atom. The van der Waals surface area contributed by atoms with Crippen LogP contribution < -0.4 is 0 Å². The highest BCUT2D eigenvalue weighted by molar-refractivity contribution is 7.87. The molecule has 0 aromatic heterocycles. The third-order valence-electron chi connectivity index (χ3n) is 1.55. The van der Waals surface area contributed by atoms with Crippen LogP contribution in [0.25, 0.3) is 0 Å². The Kier molecular flexibility index (Phi) is 1.77. The van der Waals surface area contributed by atoms with Crippen LogP contribution in [0.4, 0.5) is 0 Å². The maximum Gasteiger partial charge on any atom is 0.270 e. The van der Waals surface area contributed by atoms with Gasteiger partial charge in [0.15, 0.2) is 0 Å². The van der Waals surface area contributed by atoms with Crippen molar-refractivity contribution in [1.29, 1.82) is 0 Å². The predicted molar refractivity (Wildman–Crippen MR) is 33.6 cm³/mol. The first-order valence-electron chi connectivity index (χ1n) is 3.05. The molecule has 3 nitrogen and oxygen atoms in total. The van der Waals surface area contributed by atoms with Crippen molar-refractivity contribution in [2.45, 2.75) is 25.0 Å². The standard InChI is InChI=1S/C5H10O3S/c1-2-5-3-4-8-9(5,6)7/h5H,2-4H2,1H3. The van der Waals surface area contributed by atoms with Gasteiger partial charge >= 0.3 is 0 Å². The third kappa shape index (κ3) is 1.24. The van der Waals surface area contributed by atoms with Crippen molar-refractivity contribution in [1.82, 2.24) is 0 Å². The van der Waals surface area contributed by atoms with Gasteiger partial charge in [-0.1, -0.05) is 6.92 Å². The van der Waals surface area contributed by atoms with Gasteiger partial charge in [-0.3, -0.25) is 4.18 Å². The summed E-state index contributed by atoms with van der Waals surface area (Å²) >= 11 is 0. The smallest absolute Gasteiger partial charge is 0.270 e. The van der Waals surface area contributed by atoms with E-state index in [0.717, 1.165) is 0 Å². The Bertz CT molecular complexity index is 182. The molecule has 0 aromatic carbocycles. The second-order valence-corrected chi connectivity index (χ2v) is 4.02. The Morgan fingerprint density at radius 3 is 2.56 bits per heavy atom. The second-order valence-electron chi connectivity index (χ2n) is 2.13. The van der Waals surface area contributed by atoms with Crippen molar-refractivity contribution in [3.05, 3.63) is 0 Å². The zero-order chi connectivity index (χ0) is 6.91. The Morgan fingerprint density at radius 2 is 2.33 bits per heavy atom. The van der Waals surface area contributed by atoms with Gasteiger partial charge in [-0.15, -0.1) is 0 Å². The normalized spacial score (nSPS) is 32.8. The zero-order valence-electron chi connectivity index (χ0n) is 5.33. The summed E-state index contributed by atoms with van der Waals surface area (Å²) < 4.78 is 26.1. The second kappa shape index (κ2) is 2.27. The number of hydrogen-bond acceptors (Lipinski definition) is 3. The van der Waals surface area contributed by atoms with Crippen LogP contribution in [0.1, 0.15) is 19.8 Å². The summed E-state index contributed by atoms with van der Waals surface area (Å²) in [7, 11) is -3.14. The average Bonchev–Trinajstić information content (AvgIpc) is 2.08. The molecule has 1 saturated heterocycles. The highest BCUT2D eigenvalue weighted by Gasteiger charge is 2.30. The minimum Gasteiger partial charge on any atom is -0.270 e. The summed E-state index contributed by atoms with van der Waals surface area (Å²) in [6.07, 6.45) is 1.33. The van der Waals surface area contributed by atoms with Crippen LogP contribution >= 0.6 is 0 Å². The first-order valence-corrected chi connectivity index (χ1v) is 4.52. The fourth-order valence-corrected chi connectivity index (χ4v) is 2.26. The maximum absolute atomic E-state index is 10.8. The lowest BCUT2D eigenvalue weighted by Gasteiger charge is -1.99. The van der Waals surface area contributed by atoms with E-state index in [0.29, 0.717) is 19.4 Å². The molecule has 0 radical (unpaired) electrons. The van der Waals surface area contributed by atoms with Crippen molar-refractivity contribution >= 4 is 10.1 Å². The van der Waals surface area contributed by atoms with Crippen LogP contribution in [-0.2, 0) is 14.3 Å². The quantitative estimate of drug-likeness (QED) is 0.512. The molecule has 0 aromatic rings. The molecule has 1 heterocycles. The van der Waals surface area contributed by atoms with E-state index in [1.807, 2.05) is 6.92 Å². The van der Waals surface area contributed by atoms with Crippen molar-refractivity contribution in [2.24, 2.45) is 0 Å². The van der Waals surface area contributed by atoms with Crippen LogP contribution in [0.5, 0.6) is 0 Å². The molecule has 0 spiro atoms. The molecule has 9 heavy (non-hydrogen) atoms. The van der Waals surface area contributed by atoms with Gasteiger partial charge < -0.3 is 0 Å². The monoisotopic (exact) mass is 150 g/mol. The fraction of sp³-hybridized carbons (Fsp3) is 1.00. The number of hydrogen-bond donors (Lipinski definition) is 0. The highest BCUT2D eigenvalue weighted by Crippen LogP contribution is 2.19. The molecule has 0 amide bonds. The average molecular weight is 150 g/mol. The van der Waals surface area contributed by atoms with E-state index in [4.69, 9.17) is 0 Å². The van der Waals surface area contributed by atoms with E-state index in [1.165, 1.54) is 0 Å². The fourth-order valence-electron chi connectivity index (χ4n) is 0.945. The highest BCUT2D eigenvalue weighted by atomic mass is 32.2. The summed E-state index contributed by atoms with van der Waals surface area (Å²) in [5.74, 6) is 0. The first kappa shape index (κ1) is 7.02. The van der Waals surface area contributed by atoms with Gasteiger partial charge in [-0.25, -0.2) is 0 Å². The number of rotatable bonds is 1. The minimum atomic E-state index is -3.14. The van der Waals surface area contributed by atoms with E-state index in [2.05, 4.69) is 4.18 Å². The molecule has 1 atom stereocenters. The largest absolute Gasteiger partial charge is 0.270 e. The van der Waals surface area contributed by atoms with Gasteiger partial charge in [0.2, 0.25) is 0 Å². The summed E-state index contributed by atoms with van der Waals surface area (Å²) in [5, 5.41) is -0.238. The molecular weight excluding hydrogens is 140 g/mol. The van der Waals surface area contributed by atoms with Crippen molar-refractivity contribution < 1.29 is 12.6 Å². The van der Waals surface area contributed by atoms with Gasteiger partial charge in [0.05, 0.1) is 11.9 Å². The predicted octanol–water partition coefficient (Wildman–Crippen LogP) is 0.515. The minimum absolute atomic E-state index is 0.238. The lowest BCUT2D eigenvalue weighted by atomic mass is 10.3. The third-order valence-corrected chi connectivity index (χ3v) is 3.43. The summed E-state index contributed by atoms with van der Waals surface area (Å²) in [6, 6.07) is 0. The molecule has 1 unspecified atom stereocenters. The van der Waals surface area contributed by atoms with Gasteiger partial charge in [0.1, 0.15) is 0 Å². The first-order chi connectivity index (χ1) is 4.17. The van der Waals surface area contributed by atoms with Crippen LogP contribution in [0, 0.1) is 0 Å². The zero-order valence-corrected chi connectivity index (χ0v) is 6.15. The molecule has 1 aliphatic rings. The molecule has 0 bridgehead atoms. The van der Waals surface area contributed by atoms with E-state index < -0.39 is 10.1 Å².